The number of nitrogens with one attached hydrogen (secondary N) is 1. The average molecular weight is 490 g/mol. The van der Waals surface area contributed by atoms with Crippen molar-refractivity contribution in [3.05, 3.63) is 94.1 Å². The summed E-state index contributed by atoms with van der Waals surface area (Å²) in [6.07, 6.45) is 1.66. The van der Waals surface area contributed by atoms with Gasteiger partial charge in [0.2, 0.25) is 0 Å². The molecule has 0 bridgehead atoms. The molecular formula is C24H19F5N4O2. The Balaban J connectivity index is 1.65. The van der Waals surface area contributed by atoms with Crippen LogP contribution in [0, 0.1) is 29.1 Å². The Morgan fingerprint density at radius 1 is 0.971 bits per heavy atom. The molecule has 3 amide bonds. The third kappa shape index (κ3) is 4.53. The minimum atomic E-state index is -1.15. The quantitative estimate of drug-likeness (QED) is 0.521. The molecule has 0 saturated heterocycles. The number of carbonyl (C=O) groups is 2. The maximum Gasteiger partial charge on any atom is 0.325 e. The zero-order valence-electron chi connectivity index (χ0n) is 18.6. The van der Waals surface area contributed by atoms with Crippen molar-refractivity contribution in [1.29, 1.82) is 0 Å². The van der Waals surface area contributed by atoms with Crippen LogP contribution in [0.2, 0.25) is 0 Å². The zero-order chi connectivity index (χ0) is 25.4. The van der Waals surface area contributed by atoms with E-state index >= 15 is 0 Å². The minimum absolute atomic E-state index is 0.0388. The first-order valence-corrected chi connectivity index (χ1v) is 10.5. The molecule has 11 heteroatoms. The molecular weight excluding hydrogens is 471 g/mol. The highest BCUT2D eigenvalue weighted by atomic mass is 19.2. The molecule has 182 valence electrons. The van der Waals surface area contributed by atoms with E-state index in [1.54, 1.807) is 13.0 Å². The van der Waals surface area contributed by atoms with Crippen LogP contribution < -0.4 is 10.2 Å². The lowest BCUT2D eigenvalue weighted by molar-refractivity contribution is 0.0950. The number of hydrogen-bond acceptors (Lipinski definition) is 3. The number of hydrogen-bond donors (Lipinski definition) is 1. The van der Waals surface area contributed by atoms with Crippen LogP contribution in [0.4, 0.5) is 32.4 Å². The van der Waals surface area contributed by atoms with Crippen molar-refractivity contribution in [2.45, 2.75) is 26.1 Å². The van der Waals surface area contributed by atoms with Gasteiger partial charge in [-0.2, -0.15) is 0 Å². The van der Waals surface area contributed by atoms with Gasteiger partial charge in [0.15, 0.2) is 0 Å². The highest BCUT2D eigenvalue weighted by molar-refractivity contribution is 5.99. The van der Waals surface area contributed by atoms with Gasteiger partial charge in [-0.15, -0.1) is 0 Å². The molecule has 4 rings (SSSR count). The molecule has 1 atom stereocenters. The first-order chi connectivity index (χ1) is 16.6. The van der Waals surface area contributed by atoms with E-state index in [2.05, 4.69) is 10.3 Å². The average Bonchev–Trinajstić information content (AvgIpc) is 2.80. The van der Waals surface area contributed by atoms with Crippen LogP contribution in [-0.4, -0.2) is 28.9 Å². The molecule has 1 aliphatic heterocycles. The number of benzene rings is 2. The van der Waals surface area contributed by atoms with E-state index in [1.807, 2.05) is 0 Å². The fourth-order valence-corrected chi connectivity index (χ4v) is 3.85. The Hall–Kier alpha value is -4.02. The Bertz CT molecular complexity index is 1290. The predicted octanol–water partition coefficient (Wildman–Crippen LogP) is 4.84. The Labute approximate surface area is 197 Å². The Morgan fingerprint density at radius 3 is 2.23 bits per heavy atom. The molecule has 0 radical (unpaired) electrons. The number of pyridine rings is 1. The van der Waals surface area contributed by atoms with E-state index < -0.39 is 65.7 Å². The number of rotatable bonds is 5. The van der Waals surface area contributed by atoms with Gasteiger partial charge in [-0.3, -0.25) is 14.7 Å². The normalized spacial score (nSPS) is 15.3. The van der Waals surface area contributed by atoms with Crippen LogP contribution in [0.3, 0.4) is 0 Å². The number of anilines is 1. The Kier molecular flexibility index (Phi) is 6.42. The highest BCUT2D eigenvalue weighted by Gasteiger charge is 2.34. The summed E-state index contributed by atoms with van der Waals surface area (Å²) in [6, 6.07) is 4.46. The monoisotopic (exact) mass is 490 g/mol. The van der Waals surface area contributed by atoms with Gasteiger partial charge < -0.3 is 10.2 Å². The van der Waals surface area contributed by atoms with Crippen molar-refractivity contribution < 1.29 is 31.5 Å². The number of carbonyl (C=O) groups excluding carboxylic acids is 2. The first-order valence-electron chi connectivity index (χ1n) is 10.5. The first kappa shape index (κ1) is 24.1. The second-order valence-electron chi connectivity index (χ2n) is 8.04. The van der Waals surface area contributed by atoms with E-state index in [4.69, 9.17) is 0 Å². The second-order valence-corrected chi connectivity index (χ2v) is 8.04. The summed E-state index contributed by atoms with van der Waals surface area (Å²) in [5, 5.41) is 2.35. The van der Waals surface area contributed by atoms with Crippen LogP contribution in [0.15, 0.2) is 42.7 Å². The molecule has 0 saturated carbocycles. The van der Waals surface area contributed by atoms with E-state index in [1.165, 1.54) is 24.1 Å². The van der Waals surface area contributed by atoms with Crippen molar-refractivity contribution in [3.63, 3.8) is 0 Å². The van der Waals surface area contributed by atoms with Gasteiger partial charge in [-0.25, -0.2) is 26.7 Å². The molecule has 1 unspecified atom stereocenters. The van der Waals surface area contributed by atoms with Gasteiger partial charge in [-0.05, 0) is 24.6 Å². The van der Waals surface area contributed by atoms with Gasteiger partial charge in [0.1, 0.15) is 29.1 Å². The molecule has 2 aromatic carbocycles. The van der Waals surface area contributed by atoms with E-state index in [9.17, 15) is 31.5 Å². The van der Waals surface area contributed by atoms with Gasteiger partial charge >= 0.3 is 6.03 Å². The van der Waals surface area contributed by atoms with Crippen LogP contribution >= 0.6 is 0 Å². The van der Waals surface area contributed by atoms with Crippen LogP contribution in [0.5, 0.6) is 0 Å². The number of aromatic nitrogens is 1. The molecule has 1 aliphatic rings. The molecule has 2 heterocycles. The third-order valence-electron chi connectivity index (χ3n) is 5.95. The summed E-state index contributed by atoms with van der Waals surface area (Å²) in [7, 11) is 1.54. The van der Waals surface area contributed by atoms with Crippen molar-refractivity contribution >= 4 is 17.6 Å². The van der Waals surface area contributed by atoms with Crippen LogP contribution in [-0.2, 0) is 13.1 Å². The molecule has 1 aromatic heterocycles. The Morgan fingerprint density at radius 2 is 1.60 bits per heavy atom. The topological polar surface area (TPSA) is 65.5 Å². The standard InChI is InChI=1S/C24H19F5N4O2/c1-12-15-4-3-13(23(34)31-8-16-18(26)6-14(25)7-19(16)27)5-22(15)33(24(35)32(12)2)11-17-20(28)9-30-10-21(17)29/h3-7,9-10,12H,8,11H2,1-2H3,(H,31,34). The lowest BCUT2D eigenvalue weighted by Crippen LogP contribution is -2.47. The van der Waals surface area contributed by atoms with Gasteiger partial charge in [0.25, 0.3) is 5.91 Å². The second kappa shape index (κ2) is 9.32. The van der Waals surface area contributed by atoms with E-state index in [-0.39, 0.29) is 16.8 Å². The largest absolute Gasteiger partial charge is 0.348 e. The summed E-state index contributed by atoms with van der Waals surface area (Å²) in [6.45, 7) is 0.741. The van der Waals surface area contributed by atoms with Crippen LogP contribution in [0.1, 0.15) is 40.0 Å². The van der Waals surface area contributed by atoms with Crippen molar-refractivity contribution in [2.24, 2.45) is 0 Å². The number of halogens is 5. The highest BCUT2D eigenvalue weighted by Crippen LogP contribution is 2.37. The lowest BCUT2D eigenvalue weighted by atomic mass is 9.98. The third-order valence-corrected chi connectivity index (χ3v) is 5.95. The van der Waals surface area contributed by atoms with E-state index in [0.717, 1.165) is 17.3 Å². The zero-order valence-corrected chi connectivity index (χ0v) is 18.6. The summed E-state index contributed by atoms with van der Waals surface area (Å²) in [5.74, 6) is -5.98. The van der Waals surface area contributed by atoms with E-state index in [0.29, 0.717) is 17.7 Å². The summed E-state index contributed by atoms with van der Waals surface area (Å²) in [4.78, 5) is 31.7. The number of urea groups is 1. The summed E-state index contributed by atoms with van der Waals surface area (Å²) >= 11 is 0. The molecule has 1 N–H and O–H groups in total. The molecule has 0 aliphatic carbocycles. The fraction of sp³-hybridized carbons (Fsp3) is 0.208. The fourth-order valence-electron chi connectivity index (χ4n) is 3.85. The SMILES string of the molecule is CC1c2ccc(C(=O)NCc3c(F)cc(F)cc3F)cc2N(Cc2c(F)cncc2F)C(=O)N1C. The summed E-state index contributed by atoms with van der Waals surface area (Å²) < 4.78 is 69.4. The molecule has 0 spiro atoms. The molecule has 0 fully saturated rings. The predicted molar refractivity (Wildman–Crippen MR) is 116 cm³/mol. The smallest absolute Gasteiger partial charge is 0.325 e. The van der Waals surface area contributed by atoms with Crippen molar-refractivity contribution in [2.75, 3.05) is 11.9 Å². The van der Waals surface area contributed by atoms with Gasteiger partial charge in [0.05, 0.1) is 30.7 Å². The lowest BCUT2D eigenvalue weighted by Gasteiger charge is -2.39. The van der Waals surface area contributed by atoms with Gasteiger partial charge in [-0.1, -0.05) is 6.07 Å². The maximum absolute atomic E-state index is 14.2. The number of amides is 3. The molecule has 35 heavy (non-hydrogen) atoms. The molecule has 3 aromatic rings. The van der Waals surface area contributed by atoms with Crippen LogP contribution in [0.25, 0.3) is 0 Å². The minimum Gasteiger partial charge on any atom is -0.348 e. The summed E-state index contributed by atoms with van der Waals surface area (Å²) in [5.41, 5.74) is 0.0156. The van der Waals surface area contributed by atoms with Gasteiger partial charge in [0, 0.05) is 42.4 Å². The number of nitrogens with zero attached hydrogens (tertiary/aromatic N) is 3. The van der Waals surface area contributed by atoms with Crippen molar-refractivity contribution in [1.82, 2.24) is 15.2 Å². The van der Waals surface area contributed by atoms with Crippen molar-refractivity contribution in [3.8, 4) is 0 Å². The number of fused-ring (bicyclic) bond motifs is 1. The maximum atomic E-state index is 14.2. The molecule has 6 nitrogen and oxygen atoms in total.